The van der Waals surface area contributed by atoms with Gasteiger partial charge in [0.15, 0.2) is 6.61 Å². The molecule has 6 heteroatoms. The number of amides is 1. The van der Waals surface area contributed by atoms with Crippen molar-refractivity contribution < 1.29 is 19.4 Å². The van der Waals surface area contributed by atoms with Crippen molar-refractivity contribution >= 4 is 23.5 Å². The second-order valence-electron chi connectivity index (χ2n) is 4.01. The minimum Gasteiger partial charge on any atom is -0.484 e. The zero-order chi connectivity index (χ0) is 14.3. The van der Waals surface area contributed by atoms with Gasteiger partial charge in [-0.05, 0) is 30.7 Å². The molecule has 0 spiro atoms. The van der Waals surface area contributed by atoms with Crippen LogP contribution in [0.25, 0.3) is 0 Å². The van der Waals surface area contributed by atoms with E-state index in [4.69, 9.17) is 21.4 Å². The Kier molecular flexibility index (Phi) is 6.15. The van der Waals surface area contributed by atoms with Crippen molar-refractivity contribution in [2.45, 2.75) is 25.8 Å². The van der Waals surface area contributed by atoms with Crippen molar-refractivity contribution in [1.29, 1.82) is 0 Å². The molecule has 1 aromatic rings. The first-order valence-corrected chi connectivity index (χ1v) is 6.28. The fourth-order valence-corrected chi connectivity index (χ4v) is 1.58. The van der Waals surface area contributed by atoms with Crippen LogP contribution in [-0.4, -0.2) is 29.6 Å². The molecule has 0 saturated heterocycles. The van der Waals surface area contributed by atoms with Crippen molar-refractivity contribution in [3.05, 3.63) is 29.3 Å². The van der Waals surface area contributed by atoms with E-state index in [-0.39, 0.29) is 25.0 Å². The highest BCUT2D eigenvalue weighted by Crippen LogP contribution is 2.15. The van der Waals surface area contributed by atoms with E-state index in [0.717, 1.165) is 0 Å². The van der Waals surface area contributed by atoms with Crippen LogP contribution in [0, 0.1) is 0 Å². The van der Waals surface area contributed by atoms with E-state index in [1.165, 1.54) is 0 Å². The molecule has 0 fully saturated rings. The number of hydrogen-bond donors (Lipinski definition) is 2. The maximum absolute atomic E-state index is 11.6. The van der Waals surface area contributed by atoms with E-state index in [0.29, 0.717) is 17.2 Å². The monoisotopic (exact) mass is 285 g/mol. The van der Waals surface area contributed by atoms with Crippen LogP contribution in [0.15, 0.2) is 24.3 Å². The molecular weight excluding hydrogens is 270 g/mol. The molecule has 1 unspecified atom stereocenters. The van der Waals surface area contributed by atoms with Gasteiger partial charge in [-0.25, -0.2) is 0 Å². The van der Waals surface area contributed by atoms with Gasteiger partial charge in [0.2, 0.25) is 0 Å². The predicted octanol–water partition coefficient (Wildman–Crippen LogP) is 2.09. The van der Waals surface area contributed by atoms with Crippen molar-refractivity contribution in [3.63, 3.8) is 0 Å². The van der Waals surface area contributed by atoms with Crippen LogP contribution >= 0.6 is 11.6 Å². The number of carboxylic acid groups (broad SMARTS) is 1. The van der Waals surface area contributed by atoms with Crippen LogP contribution < -0.4 is 10.1 Å². The van der Waals surface area contributed by atoms with E-state index < -0.39 is 5.97 Å². The number of hydrogen-bond acceptors (Lipinski definition) is 3. The summed E-state index contributed by atoms with van der Waals surface area (Å²) in [5.74, 6) is -0.750. The number of nitrogens with one attached hydrogen (secondary N) is 1. The Labute approximate surface area is 116 Å². The third-order valence-electron chi connectivity index (χ3n) is 2.46. The summed E-state index contributed by atoms with van der Waals surface area (Å²) in [4.78, 5) is 22.1. The van der Waals surface area contributed by atoms with Crippen LogP contribution in [0.2, 0.25) is 5.02 Å². The minimum absolute atomic E-state index is 0.0941. The van der Waals surface area contributed by atoms with Gasteiger partial charge in [-0.1, -0.05) is 18.5 Å². The minimum atomic E-state index is -0.939. The normalized spacial score (nSPS) is 11.7. The van der Waals surface area contributed by atoms with Crippen LogP contribution in [-0.2, 0) is 9.59 Å². The van der Waals surface area contributed by atoms with Crippen molar-refractivity contribution in [3.8, 4) is 5.75 Å². The van der Waals surface area contributed by atoms with Gasteiger partial charge in [0.25, 0.3) is 5.91 Å². The zero-order valence-corrected chi connectivity index (χ0v) is 11.3. The Morgan fingerprint density at radius 2 is 2.00 bits per heavy atom. The summed E-state index contributed by atoms with van der Waals surface area (Å²) in [6.07, 6.45) is 0.460. The lowest BCUT2D eigenvalue weighted by atomic mass is 10.1. The third kappa shape index (κ3) is 6.10. The first-order valence-electron chi connectivity index (χ1n) is 5.90. The summed E-state index contributed by atoms with van der Waals surface area (Å²) in [7, 11) is 0. The Morgan fingerprint density at radius 1 is 1.37 bits per heavy atom. The third-order valence-corrected chi connectivity index (χ3v) is 2.71. The molecule has 0 aliphatic rings. The SMILES string of the molecule is CCC(CC(=O)O)NC(=O)COc1ccc(Cl)cc1. The molecule has 104 valence electrons. The number of carboxylic acids is 1. The van der Waals surface area contributed by atoms with Crippen LogP contribution in [0.1, 0.15) is 19.8 Å². The molecule has 0 radical (unpaired) electrons. The Morgan fingerprint density at radius 3 is 2.53 bits per heavy atom. The average molecular weight is 286 g/mol. The highest BCUT2D eigenvalue weighted by Gasteiger charge is 2.14. The maximum Gasteiger partial charge on any atom is 0.305 e. The summed E-state index contributed by atoms with van der Waals surface area (Å²) < 4.78 is 5.26. The molecular formula is C13H16ClNO4. The zero-order valence-electron chi connectivity index (χ0n) is 10.6. The van der Waals surface area contributed by atoms with E-state index in [2.05, 4.69) is 5.32 Å². The number of carbonyl (C=O) groups is 2. The van der Waals surface area contributed by atoms with Gasteiger partial charge >= 0.3 is 5.97 Å². The quantitative estimate of drug-likeness (QED) is 0.804. The smallest absolute Gasteiger partial charge is 0.305 e. The highest BCUT2D eigenvalue weighted by atomic mass is 35.5. The van der Waals surface area contributed by atoms with E-state index in [1.807, 2.05) is 6.92 Å². The number of ether oxygens (including phenoxy) is 1. The molecule has 0 bridgehead atoms. The number of aliphatic carboxylic acids is 1. The molecule has 1 amide bonds. The molecule has 0 aliphatic heterocycles. The lowest BCUT2D eigenvalue weighted by molar-refractivity contribution is -0.137. The molecule has 0 aromatic heterocycles. The molecule has 2 N–H and O–H groups in total. The van der Waals surface area contributed by atoms with E-state index >= 15 is 0 Å². The van der Waals surface area contributed by atoms with Gasteiger partial charge in [0.05, 0.1) is 6.42 Å². The second kappa shape index (κ2) is 7.63. The molecule has 1 aromatic carbocycles. The Hall–Kier alpha value is -1.75. The van der Waals surface area contributed by atoms with Gasteiger partial charge in [0, 0.05) is 11.1 Å². The molecule has 0 heterocycles. The lowest BCUT2D eigenvalue weighted by Crippen LogP contribution is -2.38. The van der Waals surface area contributed by atoms with E-state index in [9.17, 15) is 9.59 Å². The molecule has 1 atom stereocenters. The van der Waals surface area contributed by atoms with Gasteiger partial charge in [-0.3, -0.25) is 9.59 Å². The standard InChI is InChI=1S/C13H16ClNO4/c1-2-10(7-13(17)18)15-12(16)8-19-11-5-3-9(14)4-6-11/h3-6,10H,2,7-8H2,1H3,(H,15,16)(H,17,18). The first kappa shape index (κ1) is 15.3. The Bertz CT molecular complexity index is 433. The molecule has 19 heavy (non-hydrogen) atoms. The van der Waals surface area contributed by atoms with Gasteiger partial charge in [-0.2, -0.15) is 0 Å². The van der Waals surface area contributed by atoms with Gasteiger partial charge in [-0.15, -0.1) is 0 Å². The van der Waals surface area contributed by atoms with Crippen molar-refractivity contribution in [2.24, 2.45) is 0 Å². The topological polar surface area (TPSA) is 75.6 Å². The second-order valence-corrected chi connectivity index (χ2v) is 4.45. The molecule has 1 rings (SSSR count). The average Bonchev–Trinajstić information content (AvgIpc) is 2.36. The molecule has 0 aliphatic carbocycles. The fourth-order valence-electron chi connectivity index (χ4n) is 1.46. The highest BCUT2D eigenvalue weighted by molar-refractivity contribution is 6.30. The van der Waals surface area contributed by atoms with Gasteiger partial charge in [0.1, 0.15) is 5.75 Å². The van der Waals surface area contributed by atoms with Gasteiger partial charge < -0.3 is 15.2 Å². The Balaban J connectivity index is 2.38. The van der Waals surface area contributed by atoms with Crippen LogP contribution in [0.5, 0.6) is 5.75 Å². The lowest BCUT2D eigenvalue weighted by Gasteiger charge is -2.15. The number of rotatable bonds is 7. The van der Waals surface area contributed by atoms with E-state index in [1.54, 1.807) is 24.3 Å². The van der Waals surface area contributed by atoms with Crippen molar-refractivity contribution in [1.82, 2.24) is 5.32 Å². The van der Waals surface area contributed by atoms with Crippen LogP contribution in [0.3, 0.4) is 0 Å². The molecule has 0 saturated carbocycles. The fraction of sp³-hybridized carbons (Fsp3) is 0.385. The first-order chi connectivity index (χ1) is 9.01. The summed E-state index contributed by atoms with van der Waals surface area (Å²) in [5, 5.41) is 11.9. The van der Waals surface area contributed by atoms with Crippen molar-refractivity contribution in [2.75, 3.05) is 6.61 Å². The predicted molar refractivity (Wildman–Crippen MR) is 71.4 cm³/mol. The number of halogens is 1. The summed E-state index contributed by atoms with van der Waals surface area (Å²) in [6.45, 7) is 1.66. The largest absolute Gasteiger partial charge is 0.484 e. The summed E-state index contributed by atoms with van der Waals surface area (Å²) >= 11 is 5.72. The maximum atomic E-state index is 11.6. The van der Waals surface area contributed by atoms with Crippen LogP contribution in [0.4, 0.5) is 0 Å². The molecule has 5 nitrogen and oxygen atoms in total. The number of carbonyl (C=O) groups excluding carboxylic acids is 1. The number of benzene rings is 1. The summed E-state index contributed by atoms with van der Waals surface area (Å²) in [6, 6.07) is 6.26. The summed E-state index contributed by atoms with van der Waals surface area (Å²) in [5.41, 5.74) is 0.